The summed E-state index contributed by atoms with van der Waals surface area (Å²) in [6.45, 7) is -0.0771. The van der Waals surface area contributed by atoms with Gasteiger partial charge in [-0.25, -0.2) is 0 Å². The molecule has 32 heavy (non-hydrogen) atoms. The fraction of sp³-hybridized carbons (Fsp3) is 0.200. The zero-order valence-electron chi connectivity index (χ0n) is 17.9. The van der Waals surface area contributed by atoms with Crippen LogP contribution in [0.4, 0.5) is 11.4 Å². The molecule has 1 aliphatic heterocycles. The van der Waals surface area contributed by atoms with Crippen LogP contribution in [-0.4, -0.2) is 32.6 Å². The summed E-state index contributed by atoms with van der Waals surface area (Å²) >= 11 is 1.65. The van der Waals surface area contributed by atoms with E-state index in [1.165, 1.54) is 7.11 Å². The standard InChI is InChI=1S/C25H24N2O4S/c1-30-20-13-12-18(14-21(20)31-2)26-24(28)16-27-19-10-6-7-11-22(19)32-23(15-25(27)29)17-8-4-3-5-9-17/h3-14,23H,15-16H2,1-2H3,(H,26,28). The molecule has 0 fully saturated rings. The van der Waals surface area contributed by atoms with Gasteiger partial charge in [-0.2, -0.15) is 0 Å². The van der Waals surface area contributed by atoms with Crippen molar-refractivity contribution in [2.75, 3.05) is 31.0 Å². The first-order valence-electron chi connectivity index (χ1n) is 10.2. The minimum atomic E-state index is -0.288. The van der Waals surface area contributed by atoms with Gasteiger partial charge in [0.2, 0.25) is 11.8 Å². The lowest BCUT2D eigenvalue weighted by Gasteiger charge is -2.22. The highest BCUT2D eigenvalue weighted by molar-refractivity contribution is 7.99. The zero-order valence-corrected chi connectivity index (χ0v) is 18.7. The van der Waals surface area contributed by atoms with Gasteiger partial charge < -0.3 is 19.7 Å². The van der Waals surface area contributed by atoms with Crippen LogP contribution in [-0.2, 0) is 9.59 Å². The van der Waals surface area contributed by atoms with E-state index < -0.39 is 0 Å². The monoisotopic (exact) mass is 448 g/mol. The molecule has 1 N–H and O–H groups in total. The Morgan fingerprint density at radius 2 is 1.72 bits per heavy atom. The number of rotatable bonds is 6. The molecule has 0 bridgehead atoms. The highest BCUT2D eigenvalue weighted by atomic mass is 32.2. The number of thioether (sulfide) groups is 1. The van der Waals surface area contributed by atoms with Crippen LogP contribution in [0.15, 0.2) is 77.7 Å². The maximum absolute atomic E-state index is 13.2. The Morgan fingerprint density at radius 3 is 2.47 bits per heavy atom. The summed E-state index contributed by atoms with van der Waals surface area (Å²) < 4.78 is 10.5. The van der Waals surface area contributed by atoms with Crippen molar-refractivity contribution < 1.29 is 19.1 Å². The Kier molecular flexibility index (Phi) is 6.66. The number of anilines is 2. The number of carbonyl (C=O) groups is 2. The lowest BCUT2D eigenvalue weighted by Crippen LogP contribution is -2.38. The largest absolute Gasteiger partial charge is 0.493 e. The summed E-state index contributed by atoms with van der Waals surface area (Å²) in [7, 11) is 3.09. The molecule has 0 saturated heterocycles. The molecule has 0 radical (unpaired) electrons. The van der Waals surface area contributed by atoms with E-state index in [1.807, 2.05) is 54.6 Å². The highest BCUT2D eigenvalue weighted by Crippen LogP contribution is 2.45. The number of methoxy groups -OCH3 is 2. The molecule has 7 heteroatoms. The van der Waals surface area contributed by atoms with Crippen LogP contribution in [0.3, 0.4) is 0 Å². The van der Waals surface area contributed by atoms with Crippen molar-refractivity contribution in [1.82, 2.24) is 0 Å². The Hall–Kier alpha value is -3.45. The first-order chi connectivity index (χ1) is 15.6. The van der Waals surface area contributed by atoms with Crippen LogP contribution >= 0.6 is 11.8 Å². The average Bonchev–Trinajstić information content (AvgIpc) is 2.96. The van der Waals surface area contributed by atoms with Crippen molar-refractivity contribution in [2.45, 2.75) is 16.6 Å². The summed E-state index contributed by atoms with van der Waals surface area (Å²) in [5, 5.41) is 2.84. The van der Waals surface area contributed by atoms with E-state index in [0.717, 1.165) is 16.1 Å². The summed E-state index contributed by atoms with van der Waals surface area (Å²) in [4.78, 5) is 28.6. The number of ether oxygens (including phenoxy) is 2. The second kappa shape index (κ2) is 9.78. The minimum absolute atomic E-state index is 0.0104. The summed E-state index contributed by atoms with van der Waals surface area (Å²) in [6.07, 6.45) is 0.312. The van der Waals surface area contributed by atoms with Gasteiger partial charge in [0, 0.05) is 28.3 Å². The topological polar surface area (TPSA) is 67.9 Å². The first-order valence-corrected chi connectivity index (χ1v) is 11.1. The first kappa shape index (κ1) is 21.8. The van der Waals surface area contributed by atoms with E-state index in [-0.39, 0.29) is 23.6 Å². The van der Waals surface area contributed by atoms with Crippen molar-refractivity contribution in [3.63, 3.8) is 0 Å². The molecule has 6 nitrogen and oxygen atoms in total. The normalized spacial score (nSPS) is 15.5. The minimum Gasteiger partial charge on any atom is -0.493 e. The molecule has 0 spiro atoms. The van der Waals surface area contributed by atoms with E-state index in [4.69, 9.17) is 9.47 Å². The predicted octanol–water partition coefficient (Wildman–Crippen LogP) is 4.91. The van der Waals surface area contributed by atoms with Gasteiger partial charge in [0.15, 0.2) is 11.5 Å². The number of para-hydroxylation sites is 1. The zero-order chi connectivity index (χ0) is 22.5. The lowest BCUT2D eigenvalue weighted by atomic mass is 10.1. The molecule has 1 heterocycles. The quantitative estimate of drug-likeness (QED) is 0.580. The Bertz CT molecular complexity index is 1120. The molecule has 1 atom stereocenters. The molecule has 164 valence electrons. The number of amides is 2. The van der Waals surface area contributed by atoms with Gasteiger partial charge in [-0.05, 0) is 29.8 Å². The smallest absolute Gasteiger partial charge is 0.244 e. The van der Waals surface area contributed by atoms with Crippen LogP contribution in [0.5, 0.6) is 11.5 Å². The Balaban J connectivity index is 1.55. The van der Waals surface area contributed by atoms with Crippen LogP contribution in [0.25, 0.3) is 0 Å². The molecule has 0 aliphatic carbocycles. The summed E-state index contributed by atoms with van der Waals surface area (Å²) in [6, 6.07) is 22.9. The molecule has 3 aromatic rings. The van der Waals surface area contributed by atoms with E-state index in [1.54, 1.807) is 42.0 Å². The SMILES string of the molecule is COc1ccc(NC(=O)CN2C(=O)CC(c3ccccc3)Sc3ccccc32)cc1OC. The number of hydrogen-bond acceptors (Lipinski definition) is 5. The van der Waals surface area contributed by atoms with Crippen LogP contribution in [0, 0.1) is 0 Å². The lowest BCUT2D eigenvalue weighted by molar-refractivity contribution is -0.121. The van der Waals surface area contributed by atoms with Gasteiger partial charge in [-0.1, -0.05) is 42.5 Å². The third-order valence-corrected chi connectivity index (χ3v) is 6.55. The molecule has 1 aliphatic rings. The van der Waals surface area contributed by atoms with Gasteiger partial charge in [-0.3, -0.25) is 9.59 Å². The van der Waals surface area contributed by atoms with E-state index in [0.29, 0.717) is 23.6 Å². The molecule has 3 aromatic carbocycles. The average molecular weight is 449 g/mol. The second-order valence-electron chi connectivity index (χ2n) is 7.29. The molecule has 0 saturated carbocycles. The van der Waals surface area contributed by atoms with Gasteiger partial charge in [-0.15, -0.1) is 11.8 Å². The second-order valence-corrected chi connectivity index (χ2v) is 8.53. The van der Waals surface area contributed by atoms with Crippen molar-refractivity contribution in [3.05, 3.63) is 78.4 Å². The number of fused-ring (bicyclic) bond motifs is 1. The molecular weight excluding hydrogens is 424 g/mol. The van der Waals surface area contributed by atoms with Crippen molar-refractivity contribution >= 4 is 35.0 Å². The fourth-order valence-corrected chi connectivity index (χ4v) is 4.94. The number of benzene rings is 3. The third kappa shape index (κ3) is 4.73. The van der Waals surface area contributed by atoms with Crippen molar-refractivity contribution in [1.29, 1.82) is 0 Å². The van der Waals surface area contributed by atoms with Gasteiger partial charge in [0.25, 0.3) is 0 Å². The highest BCUT2D eigenvalue weighted by Gasteiger charge is 2.30. The van der Waals surface area contributed by atoms with E-state index in [2.05, 4.69) is 5.32 Å². The third-order valence-electron chi connectivity index (χ3n) is 5.23. The van der Waals surface area contributed by atoms with Crippen LogP contribution in [0.2, 0.25) is 0 Å². The molecule has 1 unspecified atom stereocenters. The Morgan fingerprint density at radius 1 is 1.00 bits per heavy atom. The van der Waals surface area contributed by atoms with Crippen molar-refractivity contribution in [3.8, 4) is 11.5 Å². The maximum Gasteiger partial charge on any atom is 0.244 e. The Labute approximate surface area is 191 Å². The number of nitrogens with zero attached hydrogens (tertiary/aromatic N) is 1. The maximum atomic E-state index is 13.2. The fourth-order valence-electron chi connectivity index (χ4n) is 3.66. The molecule has 4 rings (SSSR count). The summed E-state index contributed by atoms with van der Waals surface area (Å²) in [5.41, 5.74) is 2.42. The number of nitrogens with one attached hydrogen (secondary N) is 1. The molecular formula is C25H24N2O4S. The summed E-state index contributed by atoms with van der Waals surface area (Å²) in [5.74, 6) is 0.719. The van der Waals surface area contributed by atoms with E-state index >= 15 is 0 Å². The van der Waals surface area contributed by atoms with Crippen LogP contribution < -0.4 is 19.7 Å². The van der Waals surface area contributed by atoms with Crippen molar-refractivity contribution in [2.24, 2.45) is 0 Å². The van der Waals surface area contributed by atoms with Gasteiger partial charge in [0.1, 0.15) is 6.54 Å². The van der Waals surface area contributed by atoms with E-state index in [9.17, 15) is 9.59 Å². The molecule has 0 aromatic heterocycles. The predicted molar refractivity (Wildman–Crippen MR) is 127 cm³/mol. The number of carbonyl (C=O) groups excluding carboxylic acids is 2. The number of hydrogen-bond donors (Lipinski definition) is 1. The van der Waals surface area contributed by atoms with Crippen LogP contribution in [0.1, 0.15) is 17.2 Å². The molecule has 2 amide bonds. The van der Waals surface area contributed by atoms with Gasteiger partial charge in [0.05, 0.1) is 19.9 Å². The van der Waals surface area contributed by atoms with Gasteiger partial charge >= 0.3 is 0 Å².